The molecule has 0 radical (unpaired) electrons. The predicted octanol–water partition coefficient (Wildman–Crippen LogP) is -1.14. The summed E-state index contributed by atoms with van der Waals surface area (Å²) in [6.45, 7) is 1.40. The molecule has 0 heterocycles. The summed E-state index contributed by atoms with van der Waals surface area (Å²) in [5.41, 5.74) is 9.89. The summed E-state index contributed by atoms with van der Waals surface area (Å²) in [4.78, 5) is 9.99. The van der Waals surface area contributed by atoms with Gasteiger partial charge in [0, 0.05) is 13.1 Å². The molecule has 0 spiro atoms. The minimum absolute atomic E-state index is 0. The standard InChI is InChI=1S/C4H11N3O.2ClH/c5-1-2-7-3-4(6)8;;/h7H,1-3,5H2,(H2,6,8);2*1H. The first-order valence-electron chi connectivity index (χ1n) is 2.46. The lowest BCUT2D eigenvalue weighted by Gasteiger charge is -1.95. The van der Waals surface area contributed by atoms with E-state index in [0.29, 0.717) is 13.1 Å². The summed E-state index contributed by atoms with van der Waals surface area (Å²) in [5, 5.41) is 2.73. The van der Waals surface area contributed by atoms with E-state index in [9.17, 15) is 4.79 Å². The van der Waals surface area contributed by atoms with E-state index in [1.807, 2.05) is 0 Å². The maximum Gasteiger partial charge on any atom is 0.231 e. The molecule has 0 fully saturated rings. The lowest BCUT2D eigenvalue weighted by Crippen LogP contribution is -2.31. The summed E-state index contributed by atoms with van der Waals surface area (Å²) < 4.78 is 0. The number of nitrogens with two attached hydrogens (primary N) is 2. The maximum absolute atomic E-state index is 9.99. The monoisotopic (exact) mass is 189 g/mol. The first-order chi connectivity index (χ1) is 3.77. The number of hydrogen-bond donors (Lipinski definition) is 3. The molecular formula is C4H13Cl2N3O. The smallest absolute Gasteiger partial charge is 0.231 e. The minimum Gasteiger partial charge on any atom is -0.369 e. The highest BCUT2D eigenvalue weighted by Gasteiger charge is 1.88. The summed E-state index contributed by atoms with van der Waals surface area (Å²) in [6, 6.07) is 0. The average molecular weight is 190 g/mol. The van der Waals surface area contributed by atoms with Gasteiger partial charge < -0.3 is 16.8 Å². The van der Waals surface area contributed by atoms with E-state index < -0.39 is 0 Å². The Morgan fingerprint density at radius 1 is 1.40 bits per heavy atom. The van der Waals surface area contributed by atoms with E-state index in [1.54, 1.807) is 0 Å². The molecule has 1 amide bonds. The van der Waals surface area contributed by atoms with E-state index >= 15 is 0 Å². The molecule has 0 atom stereocenters. The first-order valence-corrected chi connectivity index (χ1v) is 2.46. The zero-order valence-corrected chi connectivity index (χ0v) is 7.13. The second-order valence-corrected chi connectivity index (χ2v) is 1.43. The molecule has 4 nitrogen and oxygen atoms in total. The number of nitrogens with one attached hydrogen (secondary N) is 1. The maximum atomic E-state index is 9.99. The van der Waals surface area contributed by atoms with Crippen LogP contribution in [0.15, 0.2) is 0 Å². The summed E-state index contributed by atoms with van der Waals surface area (Å²) in [5.74, 6) is -0.349. The third-order valence-corrected chi connectivity index (χ3v) is 0.620. The molecule has 64 valence electrons. The van der Waals surface area contributed by atoms with Gasteiger partial charge in [0.2, 0.25) is 5.91 Å². The van der Waals surface area contributed by atoms with E-state index in [-0.39, 0.29) is 37.3 Å². The van der Waals surface area contributed by atoms with Crippen molar-refractivity contribution in [1.82, 2.24) is 5.32 Å². The molecule has 6 heteroatoms. The van der Waals surface area contributed by atoms with Crippen LogP contribution in [0.4, 0.5) is 0 Å². The van der Waals surface area contributed by atoms with Crippen LogP contribution in [-0.2, 0) is 4.79 Å². The molecule has 0 rings (SSSR count). The second-order valence-electron chi connectivity index (χ2n) is 1.43. The zero-order chi connectivity index (χ0) is 6.41. The number of rotatable bonds is 4. The molecule has 0 saturated heterocycles. The topological polar surface area (TPSA) is 81.1 Å². The number of halogens is 2. The molecular weight excluding hydrogens is 177 g/mol. The Kier molecular flexibility index (Phi) is 19.4. The minimum atomic E-state index is -0.349. The Labute approximate surface area is 72.5 Å². The van der Waals surface area contributed by atoms with Gasteiger partial charge in [-0.25, -0.2) is 0 Å². The van der Waals surface area contributed by atoms with Gasteiger partial charge in [-0.1, -0.05) is 0 Å². The Hall–Kier alpha value is -0.0300. The van der Waals surface area contributed by atoms with E-state index in [0.717, 1.165) is 0 Å². The van der Waals surface area contributed by atoms with Crippen molar-refractivity contribution in [3.8, 4) is 0 Å². The van der Waals surface area contributed by atoms with Gasteiger partial charge in [0.05, 0.1) is 6.54 Å². The third kappa shape index (κ3) is 15.7. The van der Waals surface area contributed by atoms with Gasteiger partial charge in [0.15, 0.2) is 0 Å². The predicted molar refractivity (Wildman–Crippen MR) is 45.6 cm³/mol. The van der Waals surface area contributed by atoms with E-state index in [2.05, 4.69) is 5.32 Å². The normalized spacial score (nSPS) is 7.30. The number of carbonyl (C=O) groups is 1. The van der Waals surface area contributed by atoms with Crippen LogP contribution >= 0.6 is 24.8 Å². The molecule has 0 bridgehead atoms. The van der Waals surface area contributed by atoms with Crippen LogP contribution in [-0.4, -0.2) is 25.5 Å². The summed E-state index contributed by atoms with van der Waals surface area (Å²) in [6.07, 6.45) is 0. The van der Waals surface area contributed by atoms with Crippen molar-refractivity contribution in [3.05, 3.63) is 0 Å². The molecule has 0 aromatic carbocycles. The van der Waals surface area contributed by atoms with Gasteiger partial charge in [0.1, 0.15) is 0 Å². The van der Waals surface area contributed by atoms with E-state index in [1.165, 1.54) is 0 Å². The van der Waals surface area contributed by atoms with Crippen molar-refractivity contribution in [2.75, 3.05) is 19.6 Å². The molecule has 0 aromatic heterocycles. The lowest BCUT2D eigenvalue weighted by atomic mass is 10.5. The van der Waals surface area contributed by atoms with Gasteiger partial charge in [-0.15, -0.1) is 24.8 Å². The highest BCUT2D eigenvalue weighted by Crippen LogP contribution is 1.53. The molecule has 5 N–H and O–H groups in total. The highest BCUT2D eigenvalue weighted by atomic mass is 35.5. The van der Waals surface area contributed by atoms with Gasteiger partial charge in [-0.3, -0.25) is 4.79 Å². The van der Waals surface area contributed by atoms with Crippen LogP contribution in [0.1, 0.15) is 0 Å². The Morgan fingerprint density at radius 3 is 2.20 bits per heavy atom. The Morgan fingerprint density at radius 2 is 1.90 bits per heavy atom. The van der Waals surface area contributed by atoms with Crippen molar-refractivity contribution in [1.29, 1.82) is 0 Å². The van der Waals surface area contributed by atoms with Crippen molar-refractivity contribution >= 4 is 30.7 Å². The Balaban J connectivity index is -0.000000245. The summed E-state index contributed by atoms with van der Waals surface area (Å²) in [7, 11) is 0. The molecule has 0 aliphatic heterocycles. The number of carbonyl (C=O) groups excluding carboxylic acids is 1. The van der Waals surface area contributed by atoms with Crippen LogP contribution in [0.25, 0.3) is 0 Å². The van der Waals surface area contributed by atoms with Crippen molar-refractivity contribution in [2.45, 2.75) is 0 Å². The molecule has 10 heavy (non-hydrogen) atoms. The molecule has 0 aromatic rings. The lowest BCUT2D eigenvalue weighted by molar-refractivity contribution is -0.117. The van der Waals surface area contributed by atoms with Crippen molar-refractivity contribution in [2.24, 2.45) is 11.5 Å². The highest BCUT2D eigenvalue weighted by molar-refractivity contribution is 5.85. The van der Waals surface area contributed by atoms with Gasteiger partial charge in [0.25, 0.3) is 0 Å². The fraction of sp³-hybridized carbons (Fsp3) is 0.750. The largest absolute Gasteiger partial charge is 0.369 e. The fourth-order valence-electron chi connectivity index (χ4n) is 0.314. The van der Waals surface area contributed by atoms with Crippen LogP contribution in [0.2, 0.25) is 0 Å². The molecule has 0 aliphatic rings. The zero-order valence-electron chi connectivity index (χ0n) is 5.50. The number of amides is 1. The van der Waals surface area contributed by atoms with Crippen molar-refractivity contribution < 1.29 is 4.79 Å². The van der Waals surface area contributed by atoms with Crippen LogP contribution in [0, 0.1) is 0 Å². The third-order valence-electron chi connectivity index (χ3n) is 0.620. The fourth-order valence-corrected chi connectivity index (χ4v) is 0.314. The van der Waals surface area contributed by atoms with Gasteiger partial charge in [-0.05, 0) is 0 Å². The average Bonchev–Trinajstić information content (AvgIpc) is 1.66. The molecule has 0 unspecified atom stereocenters. The van der Waals surface area contributed by atoms with E-state index in [4.69, 9.17) is 11.5 Å². The van der Waals surface area contributed by atoms with Crippen LogP contribution < -0.4 is 16.8 Å². The second kappa shape index (κ2) is 11.7. The quantitative estimate of drug-likeness (QED) is 0.490. The SMILES string of the molecule is Cl.Cl.NCCNCC(N)=O. The molecule has 0 saturated carbocycles. The first kappa shape index (κ1) is 16.5. The summed E-state index contributed by atoms with van der Waals surface area (Å²) >= 11 is 0. The Bertz CT molecular complexity index is 80.9. The molecule has 0 aliphatic carbocycles. The number of primary amides is 1. The van der Waals surface area contributed by atoms with Crippen molar-refractivity contribution in [3.63, 3.8) is 0 Å². The van der Waals surface area contributed by atoms with Crippen LogP contribution in [0.5, 0.6) is 0 Å². The van der Waals surface area contributed by atoms with Gasteiger partial charge >= 0.3 is 0 Å². The van der Waals surface area contributed by atoms with Gasteiger partial charge in [-0.2, -0.15) is 0 Å². The number of hydrogen-bond acceptors (Lipinski definition) is 3. The van der Waals surface area contributed by atoms with Crippen LogP contribution in [0.3, 0.4) is 0 Å².